The summed E-state index contributed by atoms with van der Waals surface area (Å²) < 4.78 is 42.7. The number of benzene rings is 1. The van der Waals surface area contributed by atoms with Crippen molar-refractivity contribution in [3.05, 3.63) is 29.8 Å². The van der Waals surface area contributed by atoms with E-state index in [2.05, 4.69) is 21.3 Å². The van der Waals surface area contributed by atoms with Gasteiger partial charge in [0.15, 0.2) is 6.10 Å². The van der Waals surface area contributed by atoms with Crippen LogP contribution >= 0.6 is 0 Å². The van der Waals surface area contributed by atoms with E-state index in [1.54, 1.807) is 7.11 Å². The Labute approximate surface area is 281 Å². The molecule has 0 aliphatic carbocycles. The molecule has 0 fully saturated rings. The first-order valence-corrected chi connectivity index (χ1v) is 15.7. The zero-order chi connectivity index (χ0) is 35.1. The lowest BCUT2D eigenvalue weighted by Crippen LogP contribution is -2.44. The fourth-order valence-electron chi connectivity index (χ4n) is 3.51. The molecule has 0 spiro atoms. The fraction of sp³-hybridized carbons (Fsp3) is 0.677. The number of nitrogens with one attached hydrogen (secondary N) is 4. The van der Waals surface area contributed by atoms with Crippen LogP contribution in [0.25, 0.3) is 0 Å². The van der Waals surface area contributed by atoms with E-state index in [0.29, 0.717) is 110 Å². The maximum absolute atomic E-state index is 12.3. The van der Waals surface area contributed by atoms with Gasteiger partial charge in [0.25, 0.3) is 5.91 Å². The van der Waals surface area contributed by atoms with Crippen LogP contribution in [0.2, 0.25) is 0 Å². The van der Waals surface area contributed by atoms with E-state index in [4.69, 9.17) is 37.9 Å². The molecule has 4 amide bonds. The zero-order valence-electron chi connectivity index (χ0n) is 27.9. The number of carbonyl (C=O) groups is 4. The van der Waals surface area contributed by atoms with Crippen LogP contribution in [-0.2, 0) is 57.1 Å². The molecule has 0 saturated carbocycles. The molecule has 1 aromatic rings. The highest BCUT2D eigenvalue weighted by Gasteiger charge is 2.17. The van der Waals surface area contributed by atoms with Crippen LogP contribution in [0.3, 0.4) is 0 Å². The summed E-state index contributed by atoms with van der Waals surface area (Å²) in [6.07, 6.45) is -1.01. The molecule has 2 atom stereocenters. The average Bonchev–Trinajstić information content (AvgIpc) is 3.09. The second-order valence-electron chi connectivity index (χ2n) is 9.87. The summed E-state index contributed by atoms with van der Waals surface area (Å²) in [4.78, 5) is 46.4. The number of amides is 4. The number of aliphatic hydroxyl groups excluding tert-OH is 1. The van der Waals surface area contributed by atoms with Gasteiger partial charge in [-0.3, -0.25) is 19.2 Å². The molecule has 0 saturated heterocycles. The first-order valence-electron chi connectivity index (χ1n) is 15.7. The monoisotopic (exact) mass is 688 g/mol. The van der Waals surface area contributed by atoms with Crippen LogP contribution in [0, 0.1) is 0 Å². The predicted octanol–water partition coefficient (Wildman–Crippen LogP) is -1.21. The highest BCUT2D eigenvalue weighted by Crippen LogP contribution is 2.16. The van der Waals surface area contributed by atoms with Gasteiger partial charge < -0.3 is 64.3 Å². The quantitative estimate of drug-likeness (QED) is 0.0445. The van der Waals surface area contributed by atoms with Gasteiger partial charge in [-0.1, -0.05) is 12.1 Å². The summed E-state index contributed by atoms with van der Waals surface area (Å²) in [5.74, 6) is -1.59. The lowest BCUT2D eigenvalue weighted by Gasteiger charge is -2.13. The Morgan fingerprint density at radius 2 is 1.10 bits per heavy atom. The van der Waals surface area contributed by atoms with Gasteiger partial charge in [0.1, 0.15) is 6.04 Å². The third-order valence-corrected chi connectivity index (χ3v) is 6.10. The van der Waals surface area contributed by atoms with Crippen LogP contribution in [-0.4, -0.2) is 155 Å². The molecule has 0 radical (unpaired) electrons. The van der Waals surface area contributed by atoms with Gasteiger partial charge in [-0.2, -0.15) is 0 Å². The summed E-state index contributed by atoms with van der Waals surface area (Å²) in [5, 5.41) is 20.2. The molecular formula is C31H52N4O13. The summed E-state index contributed by atoms with van der Waals surface area (Å²) in [7, 11) is 1.63. The Kier molecular flexibility index (Phi) is 26.6. The van der Waals surface area contributed by atoms with Crippen molar-refractivity contribution in [1.82, 2.24) is 16.0 Å². The molecule has 0 aliphatic rings. The van der Waals surface area contributed by atoms with Gasteiger partial charge >= 0.3 is 0 Å². The molecule has 17 heteroatoms. The Bertz CT molecular complexity index is 988. The molecule has 0 aliphatic heterocycles. The zero-order valence-corrected chi connectivity index (χ0v) is 27.9. The number of aliphatic hydroxyl groups is 1. The largest absolute Gasteiger partial charge is 0.382 e. The van der Waals surface area contributed by atoms with Crippen molar-refractivity contribution in [3.63, 3.8) is 0 Å². The van der Waals surface area contributed by atoms with Crippen molar-refractivity contribution in [2.24, 2.45) is 0 Å². The van der Waals surface area contributed by atoms with E-state index >= 15 is 0 Å². The Hall–Kier alpha value is -3.26. The molecule has 274 valence electrons. The molecule has 0 aromatic heterocycles. The van der Waals surface area contributed by atoms with Crippen molar-refractivity contribution >= 4 is 29.8 Å². The van der Waals surface area contributed by atoms with E-state index in [9.17, 15) is 24.3 Å². The predicted molar refractivity (Wildman–Crippen MR) is 172 cm³/mol. The average molecular weight is 689 g/mol. The van der Waals surface area contributed by atoms with Crippen LogP contribution in [0.4, 0.5) is 5.69 Å². The lowest BCUT2D eigenvalue weighted by atomic mass is 10.1. The molecular weight excluding hydrogens is 636 g/mol. The smallest absolute Gasteiger partial charge is 0.253 e. The van der Waals surface area contributed by atoms with Gasteiger partial charge in [-0.25, -0.2) is 0 Å². The number of ether oxygens (including phenoxy) is 8. The minimum absolute atomic E-state index is 0.198. The Morgan fingerprint density at radius 3 is 1.54 bits per heavy atom. The molecule has 5 N–H and O–H groups in total. The number of hydrogen-bond donors (Lipinski definition) is 5. The van der Waals surface area contributed by atoms with Gasteiger partial charge in [-0.15, -0.1) is 0 Å². The Balaban J connectivity index is 1.94. The summed E-state index contributed by atoms with van der Waals surface area (Å²) in [6, 6.07) is 5.27. The SMILES string of the molecule is COCCOCCOCCOCCOCCOCCOCCOCCNC(=O)C(O)c1ccc(NC(=O)CNC(=O)C(C)NC=O)cc1. The van der Waals surface area contributed by atoms with Crippen molar-refractivity contribution in [2.45, 2.75) is 19.1 Å². The number of hydrogen-bond acceptors (Lipinski definition) is 13. The maximum Gasteiger partial charge on any atom is 0.253 e. The molecule has 48 heavy (non-hydrogen) atoms. The van der Waals surface area contributed by atoms with Gasteiger partial charge in [0, 0.05) is 19.3 Å². The minimum atomic E-state index is -1.41. The number of carbonyl (C=O) groups excluding carboxylic acids is 4. The molecule has 2 unspecified atom stereocenters. The first-order chi connectivity index (χ1) is 23.4. The highest BCUT2D eigenvalue weighted by molar-refractivity contribution is 5.95. The summed E-state index contributed by atoms with van der Waals surface area (Å²) in [5.41, 5.74) is 0.742. The van der Waals surface area contributed by atoms with Crippen LogP contribution in [0.15, 0.2) is 24.3 Å². The van der Waals surface area contributed by atoms with Crippen molar-refractivity contribution in [1.29, 1.82) is 0 Å². The van der Waals surface area contributed by atoms with Crippen LogP contribution in [0.1, 0.15) is 18.6 Å². The van der Waals surface area contributed by atoms with E-state index in [-0.39, 0.29) is 19.7 Å². The topological polar surface area (TPSA) is 210 Å². The van der Waals surface area contributed by atoms with E-state index in [1.165, 1.54) is 31.2 Å². The van der Waals surface area contributed by atoms with Crippen molar-refractivity contribution in [3.8, 4) is 0 Å². The van der Waals surface area contributed by atoms with Crippen LogP contribution < -0.4 is 21.3 Å². The molecule has 1 rings (SSSR count). The maximum atomic E-state index is 12.3. The molecule has 0 heterocycles. The third-order valence-electron chi connectivity index (χ3n) is 6.10. The standard InChI is InChI=1S/C31H52N4O13/c1-25(34-24-36)30(39)33-23-28(37)35-27-5-3-26(4-6-27)29(38)31(40)32-7-8-42-11-12-44-15-16-46-19-20-48-22-21-47-18-17-45-14-13-43-10-9-41-2/h3-6,24-25,29,38H,7-23H2,1-2H3,(H,32,40)(H,33,39)(H,34,36)(H,35,37). The second-order valence-corrected chi connectivity index (χ2v) is 9.87. The first kappa shape index (κ1) is 42.8. The van der Waals surface area contributed by atoms with Gasteiger partial charge in [-0.05, 0) is 24.6 Å². The summed E-state index contributed by atoms with van der Waals surface area (Å²) >= 11 is 0. The van der Waals surface area contributed by atoms with Crippen molar-refractivity contribution in [2.75, 3.05) is 125 Å². The second kappa shape index (κ2) is 29.8. The van der Waals surface area contributed by atoms with Gasteiger partial charge in [0.2, 0.25) is 18.2 Å². The van der Waals surface area contributed by atoms with E-state index in [0.717, 1.165) is 0 Å². The number of rotatable bonds is 32. The Morgan fingerprint density at radius 1 is 0.667 bits per heavy atom. The van der Waals surface area contributed by atoms with Gasteiger partial charge in [0.05, 0.1) is 106 Å². The number of anilines is 1. The summed E-state index contributed by atoms with van der Waals surface area (Å²) in [6.45, 7) is 8.18. The van der Waals surface area contributed by atoms with E-state index in [1.807, 2.05) is 0 Å². The third kappa shape index (κ3) is 23.1. The highest BCUT2D eigenvalue weighted by atomic mass is 16.6. The molecule has 1 aromatic carbocycles. The lowest BCUT2D eigenvalue weighted by molar-refractivity contribution is -0.130. The number of methoxy groups -OCH3 is 1. The fourth-order valence-corrected chi connectivity index (χ4v) is 3.51. The molecule has 0 bridgehead atoms. The van der Waals surface area contributed by atoms with Crippen LogP contribution in [0.5, 0.6) is 0 Å². The normalized spacial score (nSPS) is 12.2. The van der Waals surface area contributed by atoms with E-state index < -0.39 is 29.9 Å². The molecule has 17 nitrogen and oxygen atoms in total. The van der Waals surface area contributed by atoms with Crippen molar-refractivity contribution < 1.29 is 62.2 Å². The minimum Gasteiger partial charge on any atom is -0.382 e.